The van der Waals surface area contributed by atoms with Crippen LogP contribution in [0.1, 0.15) is 30.7 Å². The molecule has 5 heteroatoms. The van der Waals surface area contributed by atoms with E-state index >= 15 is 0 Å². The van der Waals surface area contributed by atoms with E-state index in [1.165, 1.54) is 5.56 Å². The summed E-state index contributed by atoms with van der Waals surface area (Å²) in [5.41, 5.74) is 1.19. The number of carbonyl (C=O) groups excluding carboxylic acids is 2. The number of hydrogen-bond acceptors (Lipinski definition) is 3. The molecule has 2 fully saturated rings. The molecule has 1 aliphatic heterocycles. The molecule has 1 aliphatic carbocycles. The number of carbonyl (C=O) groups is 3. The smallest absolute Gasteiger partial charge is 0.323 e. The van der Waals surface area contributed by atoms with Gasteiger partial charge in [0, 0.05) is 0 Å². The first-order chi connectivity index (χ1) is 10.1. The molecule has 2 amide bonds. The van der Waals surface area contributed by atoms with Crippen LogP contribution >= 0.6 is 0 Å². The summed E-state index contributed by atoms with van der Waals surface area (Å²) in [6.07, 6.45) is 2.16. The Balaban J connectivity index is 1.78. The Morgan fingerprint density at radius 1 is 1.10 bits per heavy atom. The lowest BCUT2D eigenvalue weighted by atomic mass is 9.73. The fourth-order valence-corrected chi connectivity index (χ4v) is 3.57. The quantitative estimate of drug-likeness (QED) is 0.858. The number of nitrogens with zero attached hydrogens (tertiary/aromatic N) is 1. The first kappa shape index (κ1) is 13.8. The first-order valence-electron chi connectivity index (χ1n) is 7.20. The van der Waals surface area contributed by atoms with Gasteiger partial charge >= 0.3 is 5.97 Å². The summed E-state index contributed by atoms with van der Waals surface area (Å²) in [4.78, 5) is 36.2. The molecule has 5 nitrogen and oxygen atoms in total. The van der Waals surface area contributed by atoms with Crippen LogP contribution in [0.4, 0.5) is 0 Å². The fraction of sp³-hybridized carbons (Fsp3) is 0.438. The number of rotatable bonds is 3. The van der Waals surface area contributed by atoms with E-state index in [0.717, 1.165) is 11.3 Å². The van der Waals surface area contributed by atoms with Gasteiger partial charge in [-0.05, 0) is 30.7 Å². The molecule has 0 spiro atoms. The van der Waals surface area contributed by atoms with Crippen LogP contribution in [0.5, 0.6) is 0 Å². The lowest BCUT2D eigenvalue weighted by molar-refractivity contribution is -0.149. The molecule has 0 aromatic heterocycles. The Morgan fingerprint density at radius 3 is 2.43 bits per heavy atom. The molecule has 1 aromatic rings. The van der Waals surface area contributed by atoms with Crippen molar-refractivity contribution in [2.45, 2.75) is 25.2 Å². The number of aliphatic carboxylic acids is 1. The van der Waals surface area contributed by atoms with E-state index in [-0.39, 0.29) is 29.6 Å². The first-order valence-corrected chi connectivity index (χ1v) is 7.20. The predicted molar refractivity (Wildman–Crippen MR) is 74.4 cm³/mol. The Kier molecular flexibility index (Phi) is 3.49. The van der Waals surface area contributed by atoms with Crippen LogP contribution in [-0.2, 0) is 14.4 Å². The molecule has 3 atom stereocenters. The second-order valence-corrected chi connectivity index (χ2v) is 5.79. The third-order valence-corrected chi connectivity index (χ3v) is 4.58. The van der Waals surface area contributed by atoms with Gasteiger partial charge < -0.3 is 5.11 Å². The van der Waals surface area contributed by atoms with Crippen molar-refractivity contribution >= 4 is 17.8 Å². The average Bonchev–Trinajstić information content (AvgIpc) is 2.72. The third-order valence-electron chi connectivity index (χ3n) is 4.58. The SMILES string of the molecule is O=C(O)CN1C(=O)[C@H]2C[C@H](c3ccccc3)CC[C@H]2C1=O. The molecule has 0 bridgehead atoms. The summed E-state index contributed by atoms with van der Waals surface area (Å²) in [6, 6.07) is 9.98. The van der Waals surface area contributed by atoms with Gasteiger partial charge in [-0.3, -0.25) is 19.3 Å². The van der Waals surface area contributed by atoms with Gasteiger partial charge in [-0.2, -0.15) is 0 Å². The van der Waals surface area contributed by atoms with Crippen LogP contribution in [0.3, 0.4) is 0 Å². The summed E-state index contributed by atoms with van der Waals surface area (Å²) in [5, 5.41) is 8.83. The number of amides is 2. The molecule has 21 heavy (non-hydrogen) atoms. The number of carboxylic acid groups (broad SMARTS) is 1. The van der Waals surface area contributed by atoms with Crippen molar-refractivity contribution in [3.05, 3.63) is 35.9 Å². The molecule has 1 heterocycles. The van der Waals surface area contributed by atoms with Gasteiger partial charge in [-0.15, -0.1) is 0 Å². The zero-order valence-corrected chi connectivity index (χ0v) is 11.6. The molecule has 0 unspecified atom stereocenters. The van der Waals surface area contributed by atoms with Crippen molar-refractivity contribution in [3.8, 4) is 0 Å². The highest BCUT2D eigenvalue weighted by molar-refractivity contribution is 6.07. The van der Waals surface area contributed by atoms with Crippen molar-refractivity contribution in [3.63, 3.8) is 0 Å². The normalized spacial score (nSPS) is 28.6. The van der Waals surface area contributed by atoms with Crippen molar-refractivity contribution in [2.24, 2.45) is 11.8 Å². The second kappa shape index (κ2) is 5.31. The highest BCUT2D eigenvalue weighted by Gasteiger charge is 2.50. The molecule has 1 saturated heterocycles. The highest BCUT2D eigenvalue weighted by Crippen LogP contribution is 2.44. The number of fused-ring (bicyclic) bond motifs is 1. The monoisotopic (exact) mass is 287 g/mol. The number of likely N-dealkylation sites (tertiary alicyclic amines) is 1. The molecule has 3 rings (SSSR count). The number of carboxylic acids is 1. The van der Waals surface area contributed by atoms with Gasteiger partial charge in [0.2, 0.25) is 11.8 Å². The predicted octanol–water partition coefficient (Wildman–Crippen LogP) is 1.64. The van der Waals surface area contributed by atoms with Crippen molar-refractivity contribution in [2.75, 3.05) is 6.54 Å². The van der Waals surface area contributed by atoms with Crippen molar-refractivity contribution < 1.29 is 19.5 Å². The van der Waals surface area contributed by atoms with E-state index in [1.54, 1.807) is 0 Å². The van der Waals surface area contributed by atoms with Crippen LogP contribution < -0.4 is 0 Å². The van der Waals surface area contributed by atoms with Gasteiger partial charge in [0.1, 0.15) is 6.54 Å². The maximum Gasteiger partial charge on any atom is 0.323 e. The summed E-state index contributed by atoms with van der Waals surface area (Å²) in [5.74, 6) is -2.16. The van der Waals surface area contributed by atoms with Gasteiger partial charge in [-0.25, -0.2) is 0 Å². The largest absolute Gasteiger partial charge is 0.480 e. The van der Waals surface area contributed by atoms with Crippen LogP contribution in [-0.4, -0.2) is 34.3 Å². The Bertz CT molecular complexity index is 583. The molecule has 2 aliphatic rings. The third kappa shape index (κ3) is 2.44. The number of benzene rings is 1. The maximum atomic E-state index is 12.3. The van der Waals surface area contributed by atoms with E-state index in [1.807, 2.05) is 30.3 Å². The van der Waals surface area contributed by atoms with Crippen LogP contribution in [0.15, 0.2) is 30.3 Å². The van der Waals surface area contributed by atoms with E-state index in [9.17, 15) is 14.4 Å². The standard InChI is InChI=1S/C16H17NO4/c18-14(19)9-17-15(20)12-7-6-11(8-13(12)16(17)21)10-4-2-1-3-5-10/h1-5,11-13H,6-9H2,(H,18,19)/t11-,12-,13+/m1/s1. The number of imide groups is 1. The Labute approximate surface area is 122 Å². The molecule has 0 radical (unpaired) electrons. The molecule has 110 valence electrons. The average molecular weight is 287 g/mol. The van der Waals surface area contributed by atoms with Gasteiger partial charge in [0.15, 0.2) is 0 Å². The summed E-state index contributed by atoms with van der Waals surface area (Å²) < 4.78 is 0. The van der Waals surface area contributed by atoms with E-state index in [0.29, 0.717) is 12.8 Å². The van der Waals surface area contributed by atoms with E-state index in [4.69, 9.17) is 5.11 Å². The zero-order valence-electron chi connectivity index (χ0n) is 11.6. The number of hydrogen-bond donors (Lipinski definition) is 1. The van der Waals surface area contributed by atoms with Crippen molar-refractivity contribution in [1.82, 2.24) is 4.90 Å². The minimum atomic E-state index is -1.14. The highest BCUT2D eigenvalue weighted by atomic mass is 16.4. The molecular formula is C16H17NO4. The lowest BCUT2D eigenvalue weighted by Crippen LogP contribution is -2.35. The van der Waals surface area contributed by atoms with E-state index in [2.05, 4.69) is 0 Å². The van der Waals surface area contributed by atoms with Gasteiger partial charge in [0.05, 0.1) is 11.8 Å². The summed E-state index contributed by atoms with van der Waals surface area (Å²) in [6.45, 7) is -0.513. The summed E-state index contributed by atoms with van der Waals surface area (Å²) >= 11 is 0. The minimum Gasteiger partial charge on any atom is -0.480 e. The maximum absolute atomic E-state index is 12.3. The fourth-order valence-electron chi connectivity index (χ4n) is 3.57. The molecular weight excluding hydrogens is 270 g/mol. The molecule has 1 saturated carbocycles. The lowest BCUT2D eigenvalue weighted by Gasteiger charge is -2.28. The minimum absolute atomic E-state index is 0.272. The molecule has 1 N–H and O–H groups in total. The van der Waals surface area contributed by atoms with E-state index < -0.39 is 12.5 Å². The topological polar surface area (TPSA) is 74.7 Å². The zero-order chi connectivity index (χ0) is 15.0. The van der Waals surface area contributed by atoms with Crippen molar-refractivity contribution in [1.29, 1.82) is 0 Å². The molecule has 1 aromatic carbocycles. The Morgan fingerprint density at radius 2 is 1.76 bits per heavy atom. The summed E-state index contributed by atoms with van der Waals surface area (Å²) in [7, 11) is 0. The van der Waals surface area contributed by atoms with Crippen LogP contribution in [0, 0.1) is 11.8 Å². The second-order valence-electron chi connectivity index (χ2n) is 5.79. The van der Waals surface area contributed by atoms with Gasteiger partial charge in [-0.1, -0.05) is 30.3 Å². The Hall–Kier alpha value is -2.17. The van der Waals surface area contributed by atoms with Crippen LogP contribution in [0.25, 0.3) is 0 Å². The van der Waals surface area contributed by atoms with Crippen LogP contribution in [0.2, 0.25) is 0 Å². The van der Waals surface area contributed by atoms with Gasteiger partial charge in [0.25, 0.3) is 0 Å².